The molecule has 0 radical (unpaired) electrons. The Labute approximate surface area is 85.3 Å². The van der Waals surface area contributed by atoms with Crippen LogP contribution >= 0.6 is 0 Å². The summed E-state index contributed by atoms with van der Waals surface area (Å²) in [5.41, 5.74) is 0. The maximum absolute atomic E-state index is 11.4. The largest absolute Gasteiger partial charge is 0.378 e. The summed E-state index contributed by atoms with van der Waals surface area (Å²) in [5.74, 6) is 0. The van der Waals surface area contributed by atoms with Gasteiger partial charge >= 0.3 is 0 Å². The van der Waals surface area contributed by atoms with Crippen LogP contribution in [0.2, 0.25) is 0 Å². The Balaban J connectivity index is 2.32. The third-order valence-electron chi connectivity index (χ3n) is 2.15. The monoisotopic (exact) mass is 222 g/mol. The summed E-state index contributed by atoms with van der Waals surface area (Å²) in [7, 11) is -3.14. The maximum Gasteiger partial charge on any atom is 0.213 e. The fourth-order valence-corrected chi connectivity index (χ4v) is 1.90. The molecule has 1 heterocycles. The van der Waals surface area contributed by atoms with E-state index in [0.717, 1.165) is 6.54 Å². The van der Waals surface area contributed by atoms with Crippen molar-refractivity contribution in [3.05, 3.63) is 0 Å². The quantitative estimate of drug-likeness (QED) is 0.660. The number of nitrogens with one attached hydrogen (secondary N) is 2. The van der Waals surface area contributed by atoms with Crippen molar-refractivity contribution in [1.82, 2.24) is 10.0 Å². The first-order valence-electron chi connectivity index (χ1n) is 4.82. The lowest BCUT2D eigenvalue weighted by molar-refractivity contribution is 0.0784. The van der Waals surface area contributed by atoms with Gasteiger partial charge in [0.1, 0.15) is 0 Å². The van der Waals surface area contributed by atoms with Gasteiger partial charge in [-0.05, 0) is 13.8 Å². The molecule has 0 spiro atoms. The van der Waals surface area contributed by atoms with E-state index in [0.29, 0.717) is 19.8 Å². The van der Waals surface area contributed by atoms with Crippen LogP contribution in [0.15, 0.2) is 0 Å². The van der Waals surface area contributed by atoms with Crippen LogP contribution in [0.1, 0.15) is 13.8 Å². The van der Waals surface area contributed by atoms with Gasteiger partial charge in [-0.3, -0.25) is 0 Å². The first-order chi connectivity index (χ1) is 6.52. The standard InChI is InChI=1S/C8H18N2O3S/c1-7(2)14(11,12)10-5-8-6-13-4-3-9-8/h7-10H,3-6H2,1-2H3. The molecule has 84 valence electrons. The van der Waals surface area contributed by atoms with Crippen LogP contribution in [0.3, 0.4) is 0 Å². The number of hydrogen-bond acceptors (Lipinski definition) is 4. The van der Waals surface area contributed by atoms with E-state index in [9.17, 15) is 8.42 Å². The molecule has 0 aromatic carbocycles. The molecule has 0 aromatic heterocycles. The van der Waals surface area contributed by atoms with E-state index in [1.54, 1.807) is 13.8 Å². The first kappa shape index (κ1) is 11.9. The molecule has 1 saturated heterocycles. The van der Waals surface area contributed by atoms with Crippen molar-refractivity contribution in [2.45, 2.75) is 25.1 Å². The summed E-state index contributed by atoms with van der Waals surface area (Å²) in [6, 6.07) is 0.0947. The summed E-state index contributed by atoms with van der Waals surface area (Å²) >= 11 is 0. The number of sulfonamides is 1. The van der Waals surface area contributed by atoms with Crippen molar-refractivity contribution in [3.63, 3.8) is 0 Å². The van der Waals surface area contributed by atoms with E-state index in [1.165, 1.54) is 0 Å². The van der Waals surface area contributed by atoms with Gasteiger partial charge in [0.2, 0.25) is 10.0 Å². The summed E-state index contributed by atoms with van der Waals surface area (Å²) in [6.07, 6.45) is 0. The second kappa shape index (κ2) is 5.06. The van der Waals surface area contributed by atoms with Gasteiger partial charge in [-0.1, -0.05) is 0 Å². The Bertz CT molecular complexity index is 258. The lowest BCUT2D eigenvalue weighted by Crippen LogP contribution is -2.49. The van der Waals surface area contributed by atoms with Crippen LogP contribution < -0.4 is 10.0 Å². The van der Waals surface area contributed by atoms with Gasteiger partial charge in [0, 0.05) is 19.1 Å². The minimum Gasteiger partial charge on any atom is -0.378 e. The third kappa shape index (κ3) is 3.53. The van der Waals surface area contributed by atoms with Crippen molar-refractivity contribution in [3.8, 4) is 0 Å². The normalized spacial score (nSPS) is 24.1. The fourth-order valence-electron chi connectivity index (χ4n) is 1.13. The second-order valence-corrected chi connectivity index (χ2v) is 5.99. The SMILES string of the molecule is CC(C)S(=O)(=O)NCC1COCCN1. The maximum atomic E-state index is 11.4. The lowest BCUT2D eigenvalue weighted by atomic mass is 10.3. The molecular weight excluding hydrogens is 204 g/mol. The van der Waals surface area contributed by atoms with Gasteiger partial charge in [-0.2, -0.15) is 0 Å². The average Bonchev–Trinajstić information content (AvgIpc) is 2.16. The topological polar surface area (TPSA) is 67.4 Å². The molecule has 0 bridgehead atoms. The minimum atomic E-state index is -3.14. The molecule has 1 aliphatic rings. The van der Waals surface area contributed by atoms with Crippen molar-refractivity contribution < 1.29 is 13.2 Å². The lowest BCUT2D eigenvalue weighted by Gasteiger charge is -2.24. The predicted octanol–water partition coefficient (Wildman–Crippen LogP) is -0.697. The van der Waals surface area contributed by atoms with E-state index in [2.05, 4.69) is 10.0 Å². The molecule has 0 aromatic rings. The average molecular weight is 222 g/mol. The summed E-state index contributed by atoms with van der Waals surface area (Å²) in [5, 5.41) is 2.80. The zero-order chi connectivity index (χ0) is 10.6. The molecule has 14 heavy (non-hydrogen) atoms. The molecule has 1 aliphatic heterocycles. The molecule has 1 unspecified atom stereocenters. The molecule has 1 rings (SSSR count). The molecule has 1 atom stereocenters. The van der Waals surface area contributed by atoms with Crippen LogP contribution in [0.4, 0.5) is 0 Å². The minimum absolute atomic E-state index is 0.0947. The van der Waals surface area contributed by atoms with Gasteiger partial charge in [-0.25, -0.2) is 13.1 Å². The van der Waals surface area contributed by atoms with Crippen molar-refractivity contribution >= 4 is 10.0 Å². The van der Waals surface area contributed by atoms with Crippen LogP contribution in [0, 0.1) is 0 Å². The van der Waals surface area contributed by atoms with Crippen molar-refractivity contribution in [1.29, 1.82) is 0 Å². The van der Waals surface area contributed by atoms with Crippen molar-refractivity contribution in [2.24, 2.45) is 0 Å². The molecular formula is C8H18N2O3S. The molecule has 0 aliphatic carbocycles. The second-order valence-electron chi connectivity index (χ2n) is 3.67. The number of hydrogen-bond donors (Lipinski definition) is 2. The molecule has 0 saturated carbocycles. The third-order valence-corrected chi connectivity index (χ3v) is 3.96. The Kier molecular flexibility index (Phi) is 4.31. The first-order valence-corrected chi connectivity index (χ1v) is 6.36. The molecule has 2 N–H and O–H groups in total. The summed E-state index contributed by atoms with van der Waals surface area (Å²) < 4.78 is 30.6. The van der Waals surface area contributed by atoms with Gasteiger partial charge in [0.05, 0.1) is 18.5 Å². The van der Waals surface area contributed by atoms with Crippen LogP contribution in [-0.2, 0) is 14.8 Å². The highest BCUT2D eigenvalue weighted by Crippen LogP contribution is 1.97. The Morgan fingerprint density at radius 2 is 2.29 bits per heavy atom. The Morgan fingerprint density at radius 3 is 2.79 bits per heavy atom. The van der Waals surface area contributed by atoms with E-state index in [1.807, 2.05) is 0 Å². The van der Waals surface area contributed by atoms with E-state index in [-0.39, 0.29) is 11.3 Å². The predicted molar refractivity (Wildman–Crippen MR) is 54.7 cm³/mol. The summed E-state index contributed by atoms with van der Waals surface area (Å²) in [4.78, 5) is 0. The van der Waals surface area contributed by atoms with Crippen LogP contribution in [-0.4, -0.2) is 46.0 Å². The highest BCUT2D eigenvalue weighted by Gasteiger charge is 2.19. The zero-order valence-corrected chi connectivity index (χ0v) is 9.43. The van der Waals surface area contributed by atoms with Gasteiger partial charge in [0.25, 0.3) is 0 Å². The zero-order valence-electron chi connectivity index (χ0n) is 8.62. The van der Waals surface area contributed by atoms with Crippen LogP contribution in [0.5, 0.6) is 0 Å². The molecule has 0 amide bonds. The Hall–Kier alpha value is -0.170. The Morgan fingerprint density at radius 1 is 1.57 bits per heavy atom. The van der Waals surface area contributed by atoms with E-state index in [4.69, 9.17) is 4.74 Å². The number of ether oxygens (including phenoxy) is 1. The van der Waals surface area contributed by atoms with Crippen LogP contribution in [0.25, 0.3) is 0 Å². The molecule has 1 fully saturated rings. The number of rotatable bonds is 4. The van der Waals surface area contributed by atoms with Gasteiger partial charge in [-0.15, -0.1) is 0 Å². The molecule has 6 heteroatoms. The summed E-state index contributed by atoms with van der Waals surface area (Å²) in [6.45, 7) is 5.78. The van der Waals surface area contributed by atoms with E-state index >= 15 is 0 Å². The number of morpholine rings is 1. The van der Waals surface area contributed by atoms with Crippen molar-refractivity contribution in [2.75, 3.05) is 26.3 Å². The fraction of sp³-hybridized carbons (Fsp3) is 1.00. The van der Waals surface area contributed by atoms with E-state index < -0.39 is 10.0 Å². The van der Waals surface area contributed by atoms with Gasteiger partial charge < -0.3 is 10.1 Å². The highest BCUT2D eigenvalue weighted by atomic mass is 32.2. The molecule has 5 nitrogen and oxygen atoms in total. The van der Waals surface area contributed by atoms with Gasteiger partial charge in [0.15, 0.2) is 0 Å². The highest BCUT2D eigenvalue weighted by molar-refractivity contribution is 7.90. The smallest absolute Gasteiger partial charge is 0.213 e.